The van der Waals surface area contributed by atoms with E-state index in [2.05, 4.69) is 10.6 Å². The molecule has 0 fully saturated rings. The molecule has 21 heavy (non-hydrogen) atoms. The van der Waals surface area contributed by atoms with Crippen LogP contribution in [-0.4, -0.2) is 23.7 Å². The number of halogens is 2. The Morgan fingerprint density at radius 3 is 2.57 bits per heavy atom. The minimum Gasteiger partial charge on any atom is -0.481 e. The van der Waals surface area contributed by atoms with Crippen LogP contribution in [0.25, 0.3) is 0 Å². The summed E-state index contributed by atoms with van der Waals surface area (Å²) >= 11 is 5.60. The molecule has 1 unspecified atom stereocenters. The van der Waals surface area contributed by atoms with Crippen LogP contribution in [0.15, 0.2) is 18.2 Å². The van der Waals surface area contributed by atoms with Gasteiger partial charge >= 0.3 is 12.0 Å². The number of carbonyl (C=O) groups excluding carboxylic acids is 1. The van der Waals surface area contributed by atoms with E-state index in [1.54, 1.807) is 0 Å². The molecule has 0 saturated heterocycles. The van der Waals surface area contributed by atoms with Crippen LogP contribution in [0.4, 0.5) is 14.9 Å². The summed E-state index contributed by atoms with van der Waals surface area (Å²) in [6.45, 7) is 3.85. The Bertz CT molecular complexity index is 523. The lowest BCUT2D eigenvalue weighted by molar-refractivity contribution is -0.142. The number of nitrogens with one attached hydrogen (secondary N) is 2. The normalized spacial score (nSPS) is 12.0. The Hall–Kier alpha value is -1.82. The number of benzene rings is 1. The molecule has 0 aromatic heterocycles. The number of carboxylic acid groups (broad SMARTS) is 1. The van der Waals surface area contributed by atoms with E-state index < -0.39 is 23.7 Å². The maximum absolute atomic E-state index is 13.0. The first-order valence-corrected chi connectivity index (χ1v) is 6.90. The van der Waals surface area contributed by atoms with Gasteiger partial charge in [0.15, 0.2) is 0 Å². The van der Waals surface area contributed by atoms with Crippen LogP contribution in [0.1, 0.15) is 20.3 Å². The summed E-state index contributed by atoms with van der Waals surface area (Å²) in [5.74, 6) is -1.96. The van der Waals surface area contributed by atoms with E-state index >= 15 is 0 Å². The van der Waals surface area contributed by atoms with Crippen LogP contribution in [0, 0.1) is 17.7 Å². The molecule has 5 nitrogen and oxygen atoms in total. The molecule has 2 amide bonds. The summed E-state index contributed by atoms with van der Waals surface area (Å²) in [6, 6.07) is 3.22. The quantitative estimate of drug-likeness (QED) is 0.753. The van der Waals surface area contributed by atoms with Gasteiger partial charge in [0.1, 0.15) is 5.82 Å². The molecule has 0 saturated carbocycles. The Labute approximate surface area is 127 Å². The topological polar surface area (TPSA) is 78.4 Å². The first kappa shape index (κ1) is 17.2. The molecule has 0 heterocycles. The van der Waals surface area contributed by atoms with Crippen molar-refractivity contribution in [2.75, 3.05) is 11.9 Å². The number of anilines is 1. The first-order valence-electron chi connectivity index (χ1n) is 6.52. The SMILES string of the molecule is CC(C)CC(CNC(=O)Nc1ccc(F)c(Cl)c1)C(=O)O. The third-order valence-electron chi connectivity index (χ3n) is 2.79. The van der Waals surface area contributed by atoms with Crippen molar-refractivity contribution in [3.63, 3.8) is 0 Å². The highest BCUT2D eigenvalue weighted by Crippen LogP contribution is 2.19. The minimum atomic E-state index is -0.950. The van der Waals surface area contributed by atoms with Gasteiger partial charge in [0.25, 0.3) is 0 Å². The number of rotatable bonds is 6. The van der Waals surface area contributed by atoms with Gasteiger partial charge in [-0.1, -0.05) is 25.4 Å². The molecule has 0 aliphatic heterocycles. The summed E-state index contributed by atoms with van der Waals surface area (Å²) in [5.41, 5.74) is 0.328. The van der Waals surface area contributed by atoms with E-state index in [0.717, 1.165) is 6.07 Å². The molecular formula is C14H18ClFN2O3. The van der Waals surface area contributed by atoms with E-state index in [1.807, 2.05) is 13.8 Å². The fourth-order valence-corrected chi connectivity index (χ4v) is 1.99. The van der Waals surface area contributed by atoms with Gasteiger partial charge in [-0.05, 0) is 30.5 Å². The summed E-state index contributed by atoms with van der Waals surface area (Å²) in [4.78, 5) is 22.7. The van der Waals surface area contributed by atoms with Crippen molar-refractivity contribution in [2.24, 2.45) is 11.8 Å². The van der Waals surface area contributed by atoms with Gasteiger partial charge < -0.3 is 15.7 Å². The Kier molecular flexibility index (Phi) is 6.42. The third-order valence-corrected chi connectivity index (χ3v) is 3.08. The average Bonchev–Trinajstić information content (AvgIpc) is 2.38. The first-order chi connectivity index (χ1) is 9.79. The lowest BCUT2D eigenvalue weighted by atomic mass is 9.97. The van der Waals surface area contributed by atoms with E-state index in [9.17, 15) is 14.0 Å². The summed E-state index contributed by atoms with van der Waals surface area (Å²) < 4.78 is 13.0. The largest absolute Gasteiger partial charge is 0.481 e. The van der Waals surface area contributed by atoms with E-state index in [0.29, 0.717) is 12.1 Å². The predicted octanol–water partition coefficient (Wildman–Crippen LogP) is 3.35. The van der Waals surface area contributed by atoms with Crippen LogP contribution < -0.4 is 10.6 Å². The zero-order valence-corrected chi connectivity index (χ0v) is 12.6. The monoisotopic (exact) mass is 316 g/mol. The summed E-state index contributed by atoms with van der Waals surface area (Å²) in [7, 11) is 0. The number of urea groups is 1. The molecule has 3 N–H and O–H groups in total. The van der Waals surface area contributed by atoms with Gasteiger partial charge in [0.2, 0.25) is 0 Å². The molecule has 0 bridgehead atoms. The smallest absolute Gasteiger partial charge is 0.319 e. The van der Waals surface area contributed by atoms with E-state index in [4.69, 9.17) is 16.7 Å². The Morgan fingerprint density at radius 2 is 2.05 bits per heavy atom. The van der Waals surface area contributed by atoms with Crippen LogP contribution in [-0.2, 0) is 4.79 Å². The van der Waals surface area contributed by atoms with Gasteiger partial charge in [-0.2, -0.15) is 0 Å². The van der Waals surface area contributed by atoms with E-state index in [1.165, 1.54) is 12.1 Å². The Morgan fingerprint density at radius 1 is 1.38 bits per heavy atom. The second kappa shape index (κ2) is 7.83. The average molecular weight is 317 g/mol. The maximum atomic E-state index is 13.0. The number of hydrogen-bond acceptors (Lipinski definition) is 2. The van der Waals surface area contributed by atoms with Crippen molar-refractivity contribution in [1.82, 2.24) is 5.32 Å². The highest BCUT2D eigenvalue weighted by molar-refractivity contribution is 6.31. The highest BCUT2D eigenvalue weighted by atomic mass is 35.5. The van der Waals surface area contributed by atoms with Crippen molar-refractivity contribution in [1.29, 1.82) is 0 Å². The lowest BCUT2D eigenvalue weighted by Gasteiger charge is -2.15. The van der Waals surface area contributed by atoms with Crippen molar-refractivity contribution in [2.45, 2.75) is 20.3 Å². The molecule has 0 aliphatic carbocycles. The van der Waals surface area contributed by atoms with Crippen LogP contribution in [0.2, 0.25) is 5.02 Å². The van der Waals surface area contributed by atoms with Gasteiger partial charge in [0.05, 0.1) is 10.9 Å². The number of carboxylic acids is 1. The molecule has 0 aliphatic rings. The van der Waals surface area contributed by atoms with Gasteiger partial charge in [-0.15, -0.1) is 0 Å². The number of carbonyl (C=O) groups is 2. The number of hydrogen-bond donors (Lipinski definition) is 3. The number of aliphatic carboxylic acids is 1. The van der Waals surface area contributed by atoms with Crippen LogP contribution >= 0.6 is 11.6 Å². The predicted molar refractivity (Wildman–Crippen MR) is 79.0 cm³/mol. The molecule has 1 atom stereocenters. The van der Waals surface area contributed by atoms with Crippen molar-refractivity contribution < 1.29 is 19.1 Å². The van der Waals surface area contributed by atoms with Crippen LogP contribution in [0.5, 0.6) is 0 Å². The summed E-state index contributed by atoms with van der Waals surface area (Å²) in [6.07, 6.45) is 0.470. The second-order valence-corrected chi connectivity index (χ2v) is 5.54. The van der Waals surface area contributed by atoms with Crippen LogP contribution in [0.3, 0.4) is 0 Å². The van der Waals surface area contributed by atoms with Crippen molar-refractivity contribution in [3.05, 3.63) is 29.0 Å². The molecule has 1 aromatic carbocycles. The highest BCUT2D eigenvalue weighted by Gasteiger charge is 2.19. The van der Waals surface area contributed by atoms with Gasteiger partial charge in [0, 0.05) is 12.2 Å². The third kappa shape index (κ3) is 5.99. The molecule has 0 radical (unpaired) electrons. The molecule has 1 aromatic rings. The summed E-state index contributed by atoms with van der Waals surface area (Å²) in [5, 5.41) is 13.9. The minimum absolute atomic E-state index is 0.0221. The molecule has 0 spiro atoms. The Balaban J connectivity index is 2.52. The zero-order valence-electron chi connectivity index (χ0n) is 11.8. The fourth-order valence-electron chi connectivity index (χ4n) is 1.81. The zero-order chi connectivity index (χ0) is 16.0. The second-order valence-electron chi connectivity index (χ2n) is 5.13. The molecule has 1 rings (SSSR count). The standard InChI is InChI=1S/C14H18ClFN2O3/c1-8(2)5-9(13(19)20)7-17-14(21)18-10-3-4-12(16)11(15)6-10/h3-4,6,8-9H,5,7H2,1-2H3,(H,19,20)(H2,17,18,21). The molecular weight excluding hydrogens is 299 g/mol. The van der Waals surface area contributed by atoms with Crippen molar-refractivity contribution >= 4 is 29.3 Å². The maximum Gasteiger partial charge on any atom is 0.319 e. The lowest BCUT2D eigenvalue weighted by Crippen LogP contribution is -2.36. The number of amides is 2. The molecule has 7 heteroatoms. The fraction of sp³-hybridized carbons (Fsp3) is 0.429. The van der Waals surface area contributed by atoms with Crippen molar-refractivity contribution in [3.8, 4) is 0 Å². The molecule has 116 valence electrons. The van der Waals surface area contributed by atoms with E-state index in [-0.39, 0.29) is 17.5 Å². The van der Waals surface area contributed by atoms with Gasteiger partial charge in [-0.3, -0.25) is 4.79 Å². The van der Waals surface area contributed by atoms with Gasteiger partial charge in [-0.25, -0.2) is 9.18 Å².